The first-order valence-electron chi connectivity index (χ1n) is 7.22. The fourth-order valence-electron chi connectivity index (χ4n) is 2.69. The van der Waals surface area contributed by atoms with Crippen LogP contribution in [0.3, 0.4) is 0 Å². The number of fused-ring (bicyclic) bond motifs is 1. The molecule has 1 amide bonds. The Morgan fingerprint density at radius 1 is 1.09 bits per heavy atom. The maximum Gasteiger partial charge on any atom is 0.226 e. The summed E-state index contributed by atoms with van der Waals surface area (Å²) in [4.78, 5) is 14.4. The summed E-state index contributed by atoms with van der Waals surface area (Å²) in [7, 11) is 0. The molecule has 2 aromatic rings. The Balaban J connectivity index is 1.60. The van der Waals surface area contributed by atoms with E-state index in [4.69, 9.17) is 23.2 Å². The lowest BCUT2D eigenvalue weighted by Gasteiger charge is -2.19. The first-order valence-corrected chi connectivity index (χ1v) is 7.97. The van der Waals surface area contributed by atoms with Crippen LogP contribution in [-0.4, -0.2) is 19.0 Å². The minimum Gasteiger partial charge on any atom is -0.370 e. The van der Waals surface area contributed by atoms with Gasteiger partial charge in [-0.25, -0.2) is 0 Å². The van der Waals surface area contributed by atoms with E-state index in [1.54, 1.807) is 18.2 Å². The number of halogens is 2. The molecule has 0 atom stereocenters. The van der Waals surface area contributed by atoms with Crippen LogP contribution < -0.4 is 10.2 Å². The molecular formula is C17H16Cl2N2O. The van der Waals surface area contributed by atoms with E-state index in [9.17, 15) is 4.79 Å². The number of hydrogen-bond donors (Lipinski definition) is 1. The van der Waals surface area contributed by atoms with Crippen molar-refractivity contribution < 1.29 is 4.79 Å². The van der Waals surface area contributed by atoms with E-state index in [1.807, 2.05) is 6.07 Å². The van der Waals surface area contributed by atoms with Crippen LogP contribution in [0, 0.1) is 0 Å². The fourth-order valence-corrected chi connectivity index (χ4v) is 3.19. The molecule has 1 N–H and O–H groups in total. The number of anilines is 2. The SMILES string of the molecule is O=C(CCN1CCc2ccccc21)Nc1c(Cl)cccc1Cl. The number of carbonyl (C=O) groups is 1. The molecule has 0 bridgehead atoms. The van der Waals surface area contributed by atoms with Crippen molar-refractivity contribution in [2.75, 3.05) is 23.3 Å². The predicted molar refractivity (Wildman–Crippen MR) is 92.1 cm³/mol. The monoisotopic (exact) mass is 334 g/mol. The predicted octanol–water partition coefficient (Wildman–Crippen LogP) is 4.38. The van der Waals surface area contributed by atoms with E-state index >= 15 is 0 Å². The van der Waals surface area contributed by atoms with E-state index in [-0.39, 0.29) is 5.91 Å². The van der Waals surface area contributed by atoms with Crippen molar-refractivity contribution in [3.63, 3.8) is 0 Å². The lowest BCUT2D eigenvalue weighted by Crippen LogP contribution is -2.26. The van der Waals surface area contributed by atoms with E-state index in [1.165, 1.54) is 11.3 Å². The van der Waals surface area contributed by atoms with E-state index in [2.05, 4.69) is 28.4 Å². The van der Waals surface area contributed by atoms with Gasteiger partial charge in [0.25, 0.3) is 0 Å². The van der Waals surface area contributed by atoms with E-state index in [0.717, 1.165) is 13.0 Å². The van der Waals surface area contributed by atoms with E-state index in [0.29, 0.717) is 28.7 Å². The van der Waals surface area contributed by atoms with Gasteiger partial charge in [0.2, 0.25) is 5.91 Å². The summed E-state index contributed by atoms with van der Waals surface area (Å²) in [6, 6.07) is 13.5. The number of para-hydroxylation sites is 2. The molecule has 3 nitrogen and oxygen atoms in total. The van der Waals surface area contributed by atoms with Crippen molar-refractivity contribution in [1.29, 1.82) is 0 Å². The van der Waals surface area contributed by atoms with Crippen LogP contribution in [-0.2, 0) is 11.2 Å². The van der Waals surface area contributed by atoms with Gasteiger partial charge in [-0.15, -0.1) is 0 Å². The van der Waals surface area contributed by atoms with Gasteiger partial charge < -0.3 is 10.2 Å². The zero-order chi connectivity index (χ0) is 15.5. The Kier molecular flexibility index (Phi) is 4.55. The van der Waals surface area contributed by atoms with Crippen LogP contribution in [0.5, 0.6) is 0 Å². The highest BCUT2D eigenvalue weighted by Crippen LogP contribution is 2.30. The number of rotatable bonds is 4. The Morgan fingerprint density at radius 2 is 1.82 bits per heavy atom. The van der Waals surface area contributed by atoms with Crippen LogP contribution in [0.2, 0.25) is 10.0 Å². The number of nitrogens with one attached hydrogen (secondary N) is 1. The van der Waals surface area contributed by atoms with Crippen LogP contribution in [0.15, 0.2) is 42.5 Å². The average Bonchev–Trinajstić information content (AvgIpc) is 2.92. The molecule has 22 heavy (non-hydrogen) atoms. The van der Waals surface area contributed by atoms with Gasteiger partial charge in [-0.1, -0.05) is 47.5 Å². The summed E-state index contributed by atoms with van der Waals surface area (Å²) < 4.78 is 0. The highest BCUT2D eigenvalue weighted by molar-refractivity contribution is 6.39. The van der Waals surface area contributed by atoms with E-state index < -0.39 is 0 Å². The minimum absolute atomic E-state index is 0.0839. The zero-order valence-electron chi connectivity index (χ0n) is 12.0. The molecule has 1 aliphatic rings. The molecule has 0 saturated heterocycles. The van der Waals surface area contributed by atoms with Crippen molar-refractivity contribution in [2.45, 2.75) is 12.8 Å². The summed E-state index contributed by atoms with van der Waals surface area (Å²) in [5, 5.41) is 3.70. The second-order valence-corrected chi connectivity index (χ2v) is 6.07. The molecule has 0 fully saturated rings. The van der Waals surface area contributed by atoms with Crippen molar-refractivity contribution >= 4 is 40.5 Å². The third-order valence-corrected chi connectivity index (χ3v) is 4.45. The highest BCUT2D eigenvalue weighted by atomic mass is 35.5. The second kappa shape index (κ2) is 6.59. The van der Waals surface area contributed by atoms with Gasteiger partial charge in [0, 0.05) is 25.2 Å². The Labute approximate surface area is 139 Å². The Hall–Kier alpha value is -1.71. The van der Waals surface area contributed by atoms with Gasteiger partial charge in [0.15, 0.2) is 0 Å². The van der Waals surface area contributed by atoms with Gasteiger partial charge in [-0.2, -0.15) is 0 Å². The van der Waals surface area contributed by atoms with Gasteiger partial charge in [-0.05, 0) is 30.2 Å². The summed E-state index contributed by atoms with van der Waals surface area (Å²) in [5.74, 6) is -0.0839. The smallest absolute Gasteiger partial charge is 0.226 e. The molecule has 0 aromatic heterocycles. The summed E-state index contributed by atoms with van der Waals surface area (Å²) in [6.07, 6.45) is 1.43. The molecule has 114 valence electrons. The van der Waals surface area contributed by atoms with Crippen molar-refractivity contribution in [1.82, 2.24) is 0 Å². The van der Waals surface area contributed by atoms with Crippen LogP contribution >= 0.6 is 23.2 Å². The maximum absolute atomic E-state index is 12.1. The molecule has 0 saturated carbocycles. The number of nitrogens with zero attached hydrogens (tertiary/aromatic N) is 1. The van der Waals surface area contributed by atoms with Crippen molar-refractivity contribution in [2.24, 2.45) is 0 Å². The van der Waals surface area contributed by atoms with Gasteiger partial charge in [0.1, 0.15) is 0 Å². The van der Waals surface area contributed by atoms with Crippen molar-refractivity contribution in [3.05, 3.63) is 58.1 Å². The third kappa shape index (κ3) is 3.21. The Bertz CT molecular complexity index is 683. The lowest BCUT2D eigenvalue weighted by molar-refractivity contribution is -0.116. The minimum atomic E-state index is -0.0839. The molecule has 3 rings (SSSR count). The zero-order valence-corrected chi connectivity index (χ0v) is 13.5. The standard InChI is InChI=1S/C17H16Cl2N2O/c18-13-5-3-6-14(19)17(13)20-16(22)9-11-21-10-8-12-4-1-2-7-15(12)21/h1-7H,8-11H2,(H,20,22). The molecular weight excluding hydrogens is 319 g/mol. The molecule has 0 radical (unpaired) electrons. The molecule has 0 unspecified atom stereocenters. The number of hydrogen-bond acceptors (Lipinski definition) is 2. The third-order valence-electron chi connectivity index (χ3n) is 3.82. The number of amides is 1. The van der Waals surface area contributed by atoms with Gasteiger partial charge in [0.05, 0.1) is 15.7 Å². The summed E-state index contributed by atoms with van der Waals surface area (Å²) in [5.41, 5.74) is 3.06. The average molecular weight is 335 g/mol. The quantitative estimate of drug-likeness (QED) is 0.899. The largest absolute Gasteiger partial charge is 0.370 e. The van der Waals surface area contributed by atoms with Gasteiger partial charge >= 0.3 is 0 Å². The molecule has 2 aromatic carbocycles. The first-order chi connectivity index (χ1) is 10.6. The van der Waals surface area contributed by atoms with Crippen LogP contribution in [0.4, 0.5) is 11.4 Å². The number of benzene rings is 2. The summed E-state index contributed by atoms with van der Waals surface area (Å²) in [6.45, 7) is 1.64. The fraction of sp³-hybridized carbons (Fsp3) is 0.235. The maximum atomic E-state index is 12.1. The second-order valence-electron chi connectivity index (χ2n) is 5.26. The molecule has 1 aliphatic heterocycles. The molecule has 1 heterocycles. The van der Waals surface area contributed by atoms with Gasteiger partial charge in [-0.3, -0.25) is 4.79 Å². The molecule has 0 aliphatic carbocycles. The molecule has 5 heteroatoms. The topological polar surface area (TPSA) is 32.3 Å². The summed E-state index contributed by atoms with van der Waals surface area (Å²) >= 11 is 12.1. The lowest BCUT2D eigenvalue weighted by atomic mass is 10.2. The highest BCUT2D eigenvalue weighted by Gasteiger charge is 2.19. The molecule has 0 spiro atoms. The van der Waals surface area contributed by atoms with Crippen LogP contribution in [0.25, 0.3) is 0 Å². The Morgan fingerprint density at radius 3 is 2.59 bits per heavy atom. The first kappa shape index (κ1) is 15.2. The number of carbonyl (C=O) groups excluding carboxylic acids is 1. The normalized spacial score (nSPS) is 13.1. The van der Waals surface area contributed by atoms with Crippen LogP contribution in [0.1, 0.15) is 12.0 Å². The van der Waals surface area contributed by atoms with Crippen molar-refractivity contribution in [3.8, 4) is 0 Å².